The number of rotatable bonds is 2. The number of nitrogen functional groups attached to an aromatic ring is 1. The number of amidine groups is 1. The molecule has 0 unspecified atom stereocenters. The molecule has 1 aliphatic heterocycles. The maximum atomic E-state index is 11.1. The van der Waals surface area contributed by atoms with Gasteiger partial charge in [0.05, 0.1) is 13.2 Å². The molecule has 0 bridgehead atoms. The average molecular weight is 270 g/mol. The Balaban J connectivity index is 2.22. The smallest absolute Gasteiger partial charge is 0.379 e. The number of morpholine rings is 1. The molecular weight excluding hydrogens is 256 g/mol. The first-order valence-corrected chi connectivity index (χ1v) is 5.60. The molecule has 1 aromatic heterocycles. The number of nitrogens with zero attached hydrogens (tertiary/aromatic N) is 4. The molecule has 2 heterocycles. The van der Waals surface area contributed by atoms with Crippen molar-refractivity contribution in [2.24, 2.45) is 5.16 Å². The van der Waals surface area contributed by atoms with Gasteiger partial charge in [0.2, 0.25) is 5.84 Å². The fraction of sp³-hybridized carbons (Fsp3) is 0.556. The molecule has 1 aliphatic rings. The number of carbonyl (C=O) groups is 1. The van der Waals surface area contributed by atoms with Crippen molar-refractivity contribution < 1.29 is 19.0 Å². The first-order valence-electron chi connectivity index (χ1n) is 5.60. The van der Waals surface area contributed by atoms with Crippen LogP contribution in [-0.4, -0.2) is 60.5 Å². The maximum absolute atomic E-state index is 11.1. The maximum Gasteiger partial charge on any atom is 0.433 e. The number of nitrogens with two attached hydrogens (primary N) is 1. The minimum Gasteiger partial charge on any atom is -0.379 e. The summed E-state index contributed by atoms with van der Waals surface area (Å²) in [6, 6.07) is 0. The Labute approximate surface area is 108 Å². The Morgan fingerprint density at radius 1 is 1.47 bits per heavy atom. The van der Waals surface area contributed by atoms with Gasteiger partial charge in [0.1, 0.15) is 0 Å². The van der Waals surface area contributed by atoms with E-state index in [1.807, 2.05) is 4.90 Å². The molecule has 0 aliphatic carbocycles. The zero-order chi connectivity index (χ0) is 13.7. The molecule has 104 valence electrons. The van der Waals surface area contributed by atoms with Gasteiger partial charge in [-0.25, -0.2) is 9.42 Å². The van der Waals surface area contributed by atoms with E-state index in [1.54, 1.807) is 0 Å². The number of hydrogen-bond donors (Lipinski definition) is 2. The second kappa shape index (κ2) is 6.00. The fourth-order valence-corrected chi connectivity index (χ4v) is 1.51. The highest BCUT2D eigenvalue weighted by Gasteiger charge is 2.24. The van der Waals surface area contributed by atoms with Crippen molar-refractivity contribution in [1.29, 1.82) is 0 Å². The van der Waals surface area contributed by atoms with Crippen LogP contribution in [0.5, 0.6) is 0 Å². The molecule has 1 aromatic rings. The van der Waals surface area contributed by atoms with E-state index in [1.165, 1.54) is 7.05 Å². The highest BCUT2D eigenvalue weighted by Crippen LogP contribution is 2.12. The summed E-state index contributed by atoms with van der Waals surface area (Å²) in [6.45, 7) is 2.21. The molecule has 10 heteroatoms. The predicted molar refractivity (Wildman–Crippen MR) is 63.2 cm³/mol. The van der Waals surface area contributed by atoms with Crippen molar-refractivity contribution >= 4 is 17.7 Å². The van der Waals surface area contributed by atoms with E-state index in [0.29, 0.717) is 26.3 Å². The van der Waals surface area contributed by atoms with Crippen molar-refractivity contribution in [3.63, 3.8) is 0 Å². The van der Waals surface area contributed by atoms with Crippen molar-refractivity contribution in [3.05, 3.63) is 5.69 Å². The summed E-state index contributed by atoms with van der Waals surface area (Å²) in [6.07, 6.45) is -0.694. The van der Waals surface area contributed by atoms with Gasteiger partial charge < -0.3 is 20.7 Å². The van der Waals surface area contributed by atoms with E-state index in [-0.39, 0.29) is 17.3 Å². The molecule has 1 fully saturated rings. The molecule has 1 amide bonds. The van der Waals surface area contributed by atoms with Gasteiger partial charge in [-0.1, -0.05) is 5.16 Å². The van der Waals surface area contributed by atoms with Crippen LogP contribution in [0.15, 0.2) is 9.78 Å². The van der Waals surface area contributed by atoms with Gasteiger partial charge in [-0.3, -0.25) is 4.84 Å². The van der Waals surface area contributed by atoms with Gasteiger partial charge >= 0.3 is 6.09 Å². The number of oxime groups is 1. The van der Waals surface area contributed by atoms with Crippen LogP contribution < -0.4 is 11.1 Å². The van der Waals surface area contributed by atoms with Crippen LogP contribution >= 0.6 is 0 Å². The normalized spacial score (nSPS) is 16.3. The number of carbonyl (C=O) groups excluding carboxylic acids is 1. The third-order valence-electron chi connectivity index (χ3n) is 2.46. The lowest BCUT2D eigenvalue weighted by molar-refractivity contribution is 0.0660. The zero-order valence-electron chi connectivity index (χ0n) is 10.3. The van der Waals surface area contributed by atoms with Crippen molar-refractivity contribution in [1.82, 2.24) is 20.5 Å². The molecule has 19 heavy (non-hydrogen) atoms. The SMILES string of the molecule is CNC(=O)ON=C(c1nonc1N)N1CCOCC1. The van der Waals surface area contributed by atoms with Gasteiger partial charge in [-0.15, -0.1) is 0 Å². The number of aromatic nitrogens is 2. The zero-order valence-corrected chi connectivity index (χ0v) is 10.3. The fourth-order valence-electron chi connectivity index (χ4n) is 1.51. The van der Waals surface area contributed by atoms with Crippen LogP contribution in [0.25, 0.3) is 0 Å². The van der Waals surface area contributed by atoms with Crippen LogP contribution in [0.3, 0.4) is 0 Å². The van der Waals surface area contributed by atoms with Crippen LogP contribution in [0.1, 0.15) is 5.69 Å². The second-order valence-electron chi connectivity index (χ2n) is 3.64. The lowest BCUT2D eigenvalue weighted by atomic mass is 10.3. The summed E-state index contributed by atoms with van der Waals surface area (Å²) < 4.78 is 9.77. The molecule has 3 N–H and O–H groups in total. The lowest BCUT2D eigenvalue weighted by Gasteiger charge is -2.28. The average Bonchev–Trinajstić information content (AvgIpc) is 2.86. The van der Waals surface area contributed by atoms with E-state index in [4.69, 9.17) is 10.5 Å². The van der Waals surface area contributed by atoms with E-state index in [9.17, 15) is 4.79 Å². The van der Waals surface area contributed by atoms with Gasteiger partial charge in [0.15, 0.2) is 11.5 Å². The topological polar surface area (TPSA) is 128 Å². The summed E-state index contributed by atoms with van der Waals surface area (Å²) in [5.41, 5.74) is 5.85. The summed E-state index contributed by atoms with van der Waals surface area (Å²) >= 11 is 0. The van der Waals surface area contributed by atoms with Crippen LogP contribution in [0.4, 0.5) is 10.6 Å². The monoisotopic (exact) mass is 270 g/mol. The van der Waals surface area contributed by atoms with E-state index in [2.05, 4.69) is 30.3 Å². The third-order valence-corrected chi connectivity index (χ3v) is 2.46. The van der Waals surface area contributed by atoms with Crippen molar-refractivity contribution in [3.8, 4) is 0 Å². The molecular formula is C9H14N6O4. The number of anilines is 1. The summed E-state index contributed by atoms with van der Waals surface area (Å²) in [5, 5.41) is 13.2. The molecule has 1 saturated heterocycles. The van der Waals surface area contributed by atoms with Gasteiger partial charge in [-0.2, -0.15) is 0 Å². The molecule has 0 radical (unpaired) electrons. The highest BCUT2D eigenvalue weighted by atomic mass is 16.7. The van der Waals surface area contributed by atoms with Gasteiger partial charge in [0.25, 0.3) is 0 Å². The summed E-state index contributed by atoms with van der Waals surface area (Å²) in [7, 11) is 1.43. The Morgan fingerprint density at radius 2 is 2.21 bits per heavy atom. The number of nitrogens with one attached hydrogen (secondary N) is 1. The molecule has 0 aromatic carbocycles. The van der Waals surface area contributed by atoms with Crippen molar-refractivity contribution in [2.45, 2.75) is 0 Å². The van der Waals surface area contributed by atoms with E-state index in [0.717, 1.165) is 0 Å². The number of ether oxygens (including phenoxy) is 1. The second-order valence-corrected chi connectivity index (χ2v) is 3.64. The first kappa shape index (κ1) is 13.1. The van der Waals surface area contributed by atoms with Gasteiger partial charge in [0, 0.05) is 20.1 Å². The number of amides is 1. The van der Waals surface area contributed by atoms with Crippen LogP contribution in [0.2, 0.25) is 0 Å². The number of hydrogen-bond acceptors (Lipinski definition) is 8. The van der Waals surface area contributed by atoms with E-state index < -0.39 is 6.09 Å². The molecule has 0 saturated carbocycles. The Hall–Kier alpha value is -2.36. The Bertz CT molecular complexity index is 467. The van der Waals surface area contributed by atoms with Crippen LogP contribution in [0, 0.1) is 0 Å². The first-order chi connectivity index (χ1) is 9.22. The van der Waals surface area contributed by atoms with Gasteiger partial charge in [-0.05, 0) is 10.3 Å². The summed E-state index contributed by atoms with van der Waals surface area (Å²) in [5.74, 6) is 0.358. The Kier molecular flexibility index (Phi) is 4.13. The minimum atomic E-state index is -0.694. The lowest BCUT2D eigenvalue weighted by Crippen LogP contribution is -2.42. The minimum absolute atomic E-state index is 0.0748. The molecule has 0 spiro atoms. The third kappa shape index (κ3) is 3.10. The highest BCUT2D eigenvalue weighted by molar-refractivity contribution is 6.00. The standard InChI is InChI=1S/C9H14N6O4/c1-11-9(16)18-14-8(6-7(10)13-19-12-6)15-2-4-17-5-3-15/h2-5H2,1H3,(H2,10,13)(H,11,16). The predicted octanol–water partition coefficient (Wildman–Crippen LogP) is -0.998. The van der Waals surface area contributed by atoms with E-state index >= 15 is 0 Å². The van der Waals surface area contributed by atoms with Crippen LogP contribution in [-0.2, 0) is 9.57 Å². The molecule has 10 nitrogen and oxygen atoms in total. The largest absolute Gasteiger partial charge is 0.433 e. The molecule has 0 atom stereocenters. The molecule has 2 rings (SSSR count). The summed E-state index contributed by atoms with van der Waals surface area (Å²) in [4.78, 5) is 17.6. The Morgan fingerprint density at radius 3 is 2.79 bits per heavy atom. The quantitative estimate of drug-likeness (QED) is 0.303. The van der Waals surface area contributed by atoms with Crippen molar-refractivity contribution in [2.75, 3.05) is 39.1 Å².